The molecule has 0 saturated carbocycles. The van der Waals surface area contributed by atoms with E-state index in [9.17, 15) is 21.6 Å². The smallest absolute Gasteiger partial charge is 0.307 e. The molecular formula is C10H19F3N2O2S2. The van der Waals surface area contributed by atoms with Crippen LogP contribution in [-0.2, 0) is 9.84 Å². The molecule has 0 spiro atoms. The predicted octanol–water partition coefficient (Wildman–Crippen LogP) is 0.948. The third kappa shape index (κ3) is 5.88. The largest absolute Gasteiger partial charge is 0.401 e. The molecule has 1 unspecified atom stereocenters. The van der Waals surface area contributed by atoms with Crippen molar-refractivity contribution in [1.82, 2.24) is 10.2 Å². The Morgan fingerprint density at radius 2 is 2.11 bits per heavy atom. The summed E-state index contributed by atoms with van der Waals surface area (Å²) in [4.78, 5) is 1.76. The highest BCUT2D eigenvalue weighted by molar-refractivity contribution is 8.01. The van der Waals surface area contributed by atoms with Crippen LogP contribution in [0.25, 0.3) is 0 Å². The van der Waals surface area contributed by atoms with E-state index in [0.717, 1.165) is 5.75 Å². The van der Waals surface area contributed by atoms with Crippen LogP contribution in [0.4, 0.5) is 13.2 Å². The monoisotopic (exact) mass is 320 g/mol. The number of thioether (sulfide) groups is 1. The van der Waals surface area contributed by atoms with Crippen molar-refractivity contribution in [3.8, 4) is 0 Å². The fraction of sp³-hybridized carbons (Fsp3) is 1.00. The minimum Gasteiger partial charge on any atom is -0.307 e. The lowest BCUT2D eigenvalue weighted by Crippen LogP contribution is -2.50. The Balaban J connectivity index is 2.46. The Bertz CT molecular complexity index is 373. The summed E-state index contributed by atoms with van der Waals surface area (Å²) < 4.78 is 59.7. The second-order valence-corrected chi connectivity index (χ2v) is 7.91. The minimum absolute atomic E-state index is 0.0602. The fourth-order valence-corrected chi connectivity index (χ4v) is 4.96. The molecule has 1 atom stereocenters. The van der Waals surface area contributed by atoms with E-state index in [2.05, 4.69) is 5.32 Å². The van der Waals surface area contributed by atoms with Crippen LogP contribution in [0, 0.1) is 0 Å². The van der Waals surface area contributed by atoms with Crippen LogP contribution in [0.1, 0.15) is 6.92 Å². The highest BCUT2D eigenvalue weighted by atomic mass is 32.2. The molecule has 1 N–H and O–H groups in total. The van der Waals surface area contributed by atoms with Crippen LogP contribution in [0.15, 0.2) is 0 Å². The molecule has 1 aliphatic heterocycles. The van der Waals surface area contributed by atoms with Crippen molar-refractivity contribution < 1.29 is 21.6 Å². The summed E-state index contributed by atoms with van der Waals surface area (Å²) in [6.07, 6.45) is -4.23. The third-order valence-electron chi connectivity index (χ3n) is 2.91. The molecule has 19 heavy (non-hydrogen) atoms. The highest BCUT2D eigenvalue weighted by Gasteiger charge is 2.32. The maximum atomic E-state index is 12.0. The van der Waals surface area contributed by atoms with E-state index < -0.39 is 27.9 Å². The van der Waals surface area contributed by atoms with Crippen molar-refractivity contribution in [2.75, 3.05) is 43.4 Å². The molecule has 0 amide bonds. The zero-order valence-electron chi connectivity index (χ0n) is 10.7. The zero-order chi connectivity index (χ0) is 14.5. The van der Waals surface area contributed by atoms with Crippen LogP contribution in [-0.4, -0.2) is 68.3 Å². The van der Waals surface area contributed by atoms with Crippen LogP contribution in [0.2, 0.25) is 0 Å². The Morgan fingerprint density at radius 3 is 2.68 bits per heavy atom. The van der Waals surface area contributed by atoms with Crippen LogP contribution in [0.3, 0.4) is 0 Å². The molecule has 0 bridgehead atoms. The van der Waals surface area contributed by atoms with Gasteiger partial charge in [0.2, 0.25) is 0 Å². The molecule has 1 heterocycles. The van der Waals surface area contributed by atoms with Gasteiger partial charge in [-0.1, -0.05) is 6.92 Å². The SMILES string of the molecule is CCS(=O)(=O)C1CSCCN1CCNCC(F)(F)F. The van der Waals surface area contributed by atoms with Gasteiger partial charge in [0.05, 0.1) is 6.54 Å². The second kappa shape index (κ2) is 7.14. The second-order valence-electron chi connectivity index (χ2n) is 4.31. The lowest BCUT2D eigenvalue weighted by atomic mass is 10.4. The maximum Gasteiger partial charge on any atom is 0.401 e. The van der Waals surface area contributed by atoms with Crippen molar-refractivity contribution >= 4 is 21.6 Å². The van der Waals surface area contributed by atoms with Crippen molar-refractivity contribution in [2.24, 2.45) is 0 Å². The van der Waals surface area contributed by atoms with Gasteiger partial charge in [0, 0.05) is 36.9 Å². The molecular weight excluding hydrogens is 301 g/mol. The molecule has 1 fully saturated rings. The Labute approximate surface area is 116 Å². The van der Waals surface area contributed by atoms with Crippen LogP contribution >= 0.6 is 11.8 Å². The first-order valence-electron chi connectivity index (χ1n) is 6.07. The summed E-state index contributed by atoms with van der Waals surface area (Å²) in [7, 11) is -3.18. The van der Waals surface area contributed by atoms with Gasteiger partial charge >= 0.3 is 6.18 Å². The molecule has 9 heteroatoms. The summed E-state index contributed by atoms with van der Waals surface area (Å²) in [6.45, 7) is 1.61. The molecule has 1 aliphatic rings. The van der Waals surface area contributed by atoms with Gasteiger partial charge < -0.3 is 5.32 Å². The molecule has 1 saturated heterocycles. The summed E-state index contributed by atoms with van der Waals surface area (Å²) in [5.41, 5.74) is 0. The first kappa shape index (κ1) is 17.1. The average Bonchev–Trinajstić information content (AvgIpc) is 2.34. The first-order chi connectivity index (χ1) is 8.76. The lowest BCUT2D eigenvalue weighted by Gasteiger charge is -2.34. The summed E-state index contributed by atoms with van der Waals surface area (Å²) in [5, 5.41) is 1.73. The van der Waals surface area contributed by atoms with Crippen molar-refractivity contribution in [2.45, 2.75) is 18.5 Å². The van der Waals surface area contributed by atoms with Gasteiger partial charge in [-0.15, -0.1) is 0 Å². The summed E-state index contributed by atoms with van der Waals surface area (Å²) in [6, 6.07) is 0. The number of halogens is 3. The van der Waals surface area contributed by atoms with Gasteiger partial charge in [-0.25, -0.2) is 8.42 Å². The third-order valence-corrected chi connectivity index (χ3v) is 6.24. The molecule has 0 radical (unpaired) electrons. The zero-order valence-corrected chi connectivity index (χ0v) is 12.4. The fourth-order valence-electron chi connectivity index (χ4n) is 1.85. The molecule has 114 valence electrons. The Kier molecular flexibility index (Phi) is 6.41. The van der Waals surface area contributed by atoms with E-state index in [-0.39, 0.29) is 12.3 Å². The molecule has 0 aliphatic carbocycles. The maximum absolute atomic E-state index is 12.0. The molecule has 4 nitrogen and oxygen atoms in total. The van der Waals surface area contributed by atoms with Gasteiger partial charge in [0.15, 0.2) is 9.84 Å². The van der Waals surface area contributed by atoms with E-state index >= 15 is 0 Å². The van der Waals surface area contributed by atoms with E-state index in [1.807, 2.05) is 0 Å². The molecule has 0 aromatic carbocycles. The van der Waals surface area contributed by atoms with E-state index in [0.29, 0.717) is 18.8 Å². The molecule has 1 rings (SSSR count). The number of nitrogens with one attached hydrogen (secondary N) is 1. The number of alkyl halides is 3. The quantitative estimate of drug-likeness (QED) is 0.739. The standard InChI is InChI=1S/C10H19F3N2O2S2/c1-2-19(16,17)9-7-18-6-5-15(9)4-3-14-8-10(11,12)13/h9,14H,2-8H2,1H3. The van der Waals surface area contributed by atoms with Gasteiger partial charge in [-0.2, -0.15) is 24.9 Å². The Hall–Kier alpha value is 0.01000. The number of hydrogen-bond donors (Lipinski definition) is 1. The first-order valence-corrected chi connectivity index (χ1v) is 8.94. The molecule has 0 aromatic heterocycles. The Morgan fingerprint density at radius 1 is 1.42 bits per heavy atom. The van der Waals surface area contributed by atoms with Crippen molar-refractivity contribution in [3.63, 3.8) is 0 Å². The van der Waals surface area contributed by atoms with Crippen LogP contribution < -0.4 is 5.32 Å². The average molecular weight is 320 g/mol. The van der Waals surface area contributed by atoms with Crippen molar-refractivity contribution in [3.05, 3.63) is 0 Å². The van der Waals surface area contributed by atoms with E-state index in [4.69, 9.17) is 0 Å². The summed E-state index contributed by atoms with van der Waals surface area (Å²) in [5.74, 6) is 1.37. The van der Waals surface area contributed by atoms with E-state index in [1.165, 1.54) is 0 Å². The van der Waals surface area contributed by atoms with Gasteiger partial charge in [-0.05, 0) is 0 Å². The van der Waals surface area contributed by atoms with Gasteiger partial charge in [-0.3, -0.25) is 4.90 Å². The van der Waals surface area contributed by atoms with E-state index in [1.54, 1.807) is 23.6 Å². The number of hydrogen-bond acceptors (Lipinski definition) is 5. The number of rotatable bonds is 6. The minimum atomic E-state index is -4.23. The number of nitrogens with zero attached hydrogens (tertiary/aromatic N) is 1. The van der Waals surface area contributed by atoms with Gasteiger partial charge in [0.25, 0.3) is 0 Å². The van der Waals surface area contributed by atoms with Crippen molar-refractivity contribution in [1.29, 1.82) is 0 Å². The van der Waals surface area contributed by atoms with Gasteiger partial charge in [0.1, 0.15) is 5.37 Å². The summed E-state index contributed by atoms with van der Waals surface area (Å²) >= 11 is 1.57. The number of sulfone groups is 1. The van der Waals surface area contributed by atoms with Crippen LogP contribution in [0.5, 0.6) is 0 Å². The molecule has 0 aromatic rings. The normalized spacial score (nSPS) is 22.6. The highest BCUT2D eigenvalue weighted by Crippen LogP contribution is 2.21. The topological polar surface area (TPSA) is 49.4 Å². The predicted molar refractivity (Wildman–Crippen MR) is 71.1 cm³/mol. The lowest BCUT2D eigenvalue weighted by molar-refractivity contribution is -0.124.